The van der Waals surface area contributed by atoms with Crippen LogP contribution in [0.1, 0.15) is 11.4 Å². The molecule has 0 N–H and O–H groups in total. The fraction of sp³-hybridized carbons (Fsp3) is 0.278. The smallest absolute Gasteiger partial charge is 0.170 e. The van der Waals surface area contributed by atoms with Crippen molar-refractivity contribution in [2.45, 2.75) is 12.7 Å². The van der Waals surface area contributed by atoms with E-state index in [0.717, 1.165) is 11.8 Å². The van der Waals surface area contributed by atoms with Gasteiger partial charge in [-0.2, -0.15) is 0 Å². The molecule has 2 heterocycles. The quantitative estimate of drug-likeness (QED) is 0.639. The highest BCUT2D eigenvalue weighted by molar-refractivity contribution is 7.89. The minimum absolute atomic E-state index is 0.261. The molecular weight excluding hydrogens is 368 g/mol. The Balaban J connectivity index is 2.35. The third kappa shape index (κ3) is 3.92. The molecule has 0 saturated heterocycles. The van der Waals surface area contributed by atoms with Gasteiger partial charge in [0.25, 0.3) is 0 Å². The van der Waals surface area contributed by atoms with Crippen molar-refractivity contribution in [1.29, 1.82) is 0 Å². The highest BCUT2D eigenvalue weighted by Gasteiger charge is 2.24. The number of sulfone groups is 1. The van der Waals surface area contributed by atoms with Crippen molar-refractivity contribution < 1.29 is 17.9 Å². The van der Waals surface area contributed by atoms with E-state index in [1.54, 1.807) is 35.2 Å². The molecule has 3 rings (SSSR count). The van der Waals surface area contributed by atoms with E-state index in [4.69, 9.17) is 9.47 Å². The first kappa shape index (κ1) is 18.8. The van der Waals surface area contributed by atoms with E-state index in [0.29, 0.717) is 28.6 Å². The van der Waals surface area contributed by atoms with Crippen LogP contribution >= 0.6 is 0 Å². The first-order chi connectivity index (χ1) is 12.8. The summed E-state index contributed by atoms with van der Waals surface area (Å²) in [5.74, 6) is 1.45. The van der Waals surface area contributed by atoms with Gasteiger partial charge in [-0.25, -0.2) is 8.42 Å². The summed E-state index contributed by atoms with van der Waals surface area (Å²) in [5, 5.41) is 8.37. The van der Waals surface area contributed by atoms with E-state index in [1.165, 1.54) is 14.2 Å². The van der Waals surface area contributed by atoms with Crippen LogP contribution in [-0.4, -0.2) is 48.6 Å². The third-order valence-corrected chi connectivity index (χ3v) is 4.66. The van der Waals surface area contributed by atoms with E-state index >= 15 is 0 Å². The average molecular weight is 388 g/mol. The number of aryl methyl sites for hydroxylation is 1. The molecule has 0 unspecified atom stereocenters. The molecule has 0 fully saturated rings. The number of rotatable bonds is 6. The second kappa shape index (κ2) is 7.36. The molecule has 1 aromatic carbocycles. The van der Waals surface area contributed by atoms with Crippen LogP contribution in [0.3, 0.4) is 0 Å². The molecule has 0 aliphatic heterocycles. The van der Waals surface area contributed by atoms with Gasteiger partial charge >= 0.3 is 0 Å². The lowest BCUT2D eigenvalue weighted by atomic mass is 10.2. The Labute approximate surface area is 157 Å². The zero-order valence-electron chi connectivity index (χ0n) is 15.5. The van der Waals surface area contributed by atoms with Gasteiger partial charge in [0.2, 0.25) is 0 Å². The molecule has 0 atom stereocenters. The number of hydrogen-bond donors (Lipinski definition) is 0. The molecule has 0 bridgehead atoms. The minimum atomic E-state index is -3.34. The van der Waals surface area contributed by atoms with Crippen LogP contribution in [0.5, 0.6) is 11.5 Å². The number of benzene rings is 1. The van der Waals surface area contributed by atoms with Crippen molar-refractivity contribution in [3.63, 3.8) is 0 Å². The fourth-order valence-electron chi connectivity index (χ4n) is 2.80. The van der Waals surface area contributed by atoms with Gasteiger partial charge in [-0.05, 0) is 30.7 Å². The number of aromatic nitrogens is 4. The normalized spacial score (nSPS) is 11.4. The second-order valence-electron chi connectivity index (χ2n) is 6.11. The van der Waals surface area contributed by atoms with E-state index in [9.17, 15) is 8.42 Å². The molecule has 0 spiro atoms. The second-order valence-corrected chi connectivity index (χ2v) is 8.25. The molecule has 2 aromatic heterocycles. The van der Waals surface area contributed by atoms with Gasteiger partial charge in [0.15, 0.2) is 21.5 Å². The average Bonchev–Trinajstić information content (AvgIpc) is 3.02. The molecule has 27 heavy (non-hydrogen) atoms. The monoisotopic (exact) mass is 388 g/mol. The lowest BCUT2D eigenvalue weighted by Crippen LogP contribution is -2.11. The minimum Gasteiger partial charge on any atom is -0.494 e. The van der Waals surface area contributed by atoms with Crippen molar-refractivity contribution in [3.05, 3.63) is 48.0 Å². The van der Waals surface area contributed by atoms with Crippen molar-refractivity contribution in [1.82, 2.24) is 19.7 Å². The van der Waals surface area contributed by atoms with Crippen LogP contribution in [0.15, 0.2) is 36.7 Å². The largest absolute Gasteiger partial charge is 0.494 e. The molecule has 0 aliphatic carbocycles. The van der Waals surface area contributed by atoms with Crippen LogP contribution in [0.25, 0.3) is 17.1 Å². The van der Waals surface area contributed by atoms with E-state index in [2.05, 4.69) is 15.2 Å². The van der Waals surface area contributed by atoms with Crippen molar-refractivity contribution in [3.8, 4) is 28.6 Å². The summed E-state index contributed by atoms with van der Waals surface area (Å²) in [6.07, 6.45) is 4.53. The van der Waals surface area contributed by atoms with Crippen molar-refractivity contribution >= 4 is 9.84 Å². The maximum Gasteiger partial charge on any atom is 0.170 e. The molecular formula is C18H20N4O4S. The van der Waals surface area contributed by atoms with Gasteiger partial charge < -0.3 is 9.47 Å². The Morgan fingerprint density at radius 2 is 1.74 bits per heavy atom. The number of methoxy groups -OCH3 is 2. The summed E-state index contributed by atoms with van der Waals surface area (Å²) in [4.78, 5) is 4.20. The number of ether oxygens (including phenoxy) is 2. The first-order valence-electron chi connectivity index (χ1n) is 8.09. The standard InChI is InChI=1S/C18H20N4O4S/c1-12-8-13(10-19-9-12)18-21-20-16(11-27(4,23)24)22(18)17-14(25-2)6-5-7-15(17)26-3/h5-10H,11H2,1-4H3. The highest BCUT2D eigenvalue weighted by Crippen LogP contribution is 2.36. The lowest BCUT2D eigenvalue weighted by Gasteiger charge is -2.17. The molecule has 9 heteroatoms. The Kier molecular flexibility index (Phi) is 5.13. The first-order valence-corrected chi connectivity index (χ1v) is 10.2. The molecule has 0 radical (unpaired) electrons. The molecule has 3 aromatic rings. The van der Waals surface area contributed by atoms with E-state index < -0.39 is 9.84 Å². The van der Waals surface area contributed by atoms with Crippen molar-refractivity contribution in [2.75, 3.05) is 20.5 Å². The Morgan fingerprint density at radius 1 is 1.07 bits per heavy atom. The van der Waals surface area contributed by atoms with Crippen LogP contribution in [0.4, 0.5) is 0 Å². The number of nitrogens with zero attached hydrogens (tertiary/aromatic N) is 4. The van der Waals surface area contributed by atoms with Crippen LogP contribution in [-0.2, 0) is 15.6 Å². The van der Waals surface area contributed by atoms with Gasteiger partial charge in [0, 0.05) is 24.2 Å². The Bertz CT molecular complexity index is 1050. The Morgan fingerprint density at radius 3 is 2.30 bits per heavy atom. The topological polar surface area (TPSA) is 96.2 Å². The zero-order chi connectivity index (χ0) is 19.6. The van der Waals surface area contributed by atoms with Crippen LogP contribution in [0.2, 0.25) is 0 Å². The Hall–Kier alpha value is -2.94. The third-order valence-electron chi connectivity index (χ3n) is 3.88. The van der Waals surface area contributed by atoms with Gasteiger partial charge in [-0.1, -0.05) is 6.07 Å². The number of para-hydroxylation sites is 1. The SMILES string of the molecule is COc1cccc(OC)c1-n1c(CS(C)(=O)=O)nnc1-c1cncc(C)c1. The summed E-state index contributed by atoms with van der Waals surface area (Å²) in [5.41, 5.74) is 2.18. The molecule has 142 valence electrons. The van der Waals surface area contributed by atoms with Gasteiger partial charge in [-0.3, -0.25) is 9.55 Å². The number of hydrogen-bond acceptors (Lipinski definition) is 7. The summed E-state index contributed by atoms with van der Waals surface area (Å²) in [7, 11) is -0.275. The maximum atomic E-state index is 11.9. The van der Waals surface area contributed by atoms with Crippen LogP contribution in [0, 0.1) is 6.92 Å². The van der Waals surface area contributed by atoms with Gasteiger partial charge in [0.05, 0.1) is 14.2 Å². The molecule has 0 aliphatic rings. The predicted molar refractivity (Wildman–Crippen MR) is 101 cm³/mol. The van der Waals surface area contributed by atoms with E-state index in [-0.39, 0.29) is 11.6 Å². The molecule has 0 amide bonds. The summed E-state index contributed by atoms with van der Waals surface area (Å²) in [6.45, 7) is 1.91. The summed E-state index contributed by atoms with van der Waals surface area (Å²) < 4.78 is 36.5. The predicted octanol–water partition coefficient (Wildman–Crippen LogP) is 2.20. The van der Waals surface area contributed by atoms with Gasteiger partial charge in [-0.15, -0.1) is 10.2 Å². The maximum absolute atomic E-state index is 11.9. The van der Waals surface area contributed by atoms with Crippen molar-refractivity contribution in [2.24, 2.45) is 0 Å². The zero-order valence-corrected chi connectivity index (χ0v) is 16.3. The number of pyridine rings is 1. The highest BCUT2D eigenvalue weighted by atomic mass is 32.2. The van der Waals surface area contributed by atoms with E-state index in [1.807, 2.05) is 13.0 Å². The fourth-order valence-corrected chi connectivity index (χ4v) is 3.45. The van der Waals surface area contributed by atoms with Crippen LogP contribution < -0.4 is 9.47 Å². The van der Waals surface area contributed by atoms with Gasteiger partial charge in [0.1, 0.15) is 22.9 Å². The summed E-state index contributed by atoms with van der Waals surface area (Å²) >= 11 is 0. The lowest BCUT2D eigenvalue weighted by molar-refractivity contribution is 0.391. The summed E-state index contributed by atoms with van der Waals surface area (Å²) in [6, 6.07) is 7.22. The molecule has 0 saturated carbocycles. The molecule has 8 nitrogen and oxygen atoms in total.